The fourth-order valence-corrected chi connectivity index (χ4v) is 2.46. The first-order valence-corrected chi connectivity index (χ1v) is 6.64. The zero-order valence-electron chi connectivity index (χ0n) is 10.8. The second-order valence-corrected chi connectivity index (χ2v) is 6.21. The highest BCUT2D eigenvalue weighted by molar-refractivity contribution is 7.12. The zero-order chi connectivity index (χ0) is 12.0. The van der Waals surface area contributed by atoms with Gasteiger partial charge in [-0.15, -0.1) is 11.3 Å². The van der Waals surface area contributed by atoms with Crippen LogP contribution >= 0.6 is 11.3 Å². The summed E-state index contributed by atoms with van der Waals surface area (Å²) >= 11 is 1.91. The van der Waals surface area contributed by atoms with Crippen LogP contribution in [0.15, 0.2) is 12.1 Å². The summed E-state index contributed by atoms with van der Waals surface area (Å²) < 4.78 is 5.01. The van der Waals surface area contributed by atoms with Gasteiger partial charge in [-0.2, -0.15) is 0 Å². The monoisotopic (exact) mass is 241 g/mol. The molecule has 1 aromatic heterocycles. The summed E-state index contributed by atoms with van der Waals surface area (Å²) in [5, 5.41) is 3.43. The number of hydrogen-bond acceptors (Lipinski definition) is 3. The van der Waals surface area contributed by atoms with Gasteiger partial charge in [0.25, 0.3) is 0 Å². The number of methoxy groups -OCH3 is 1. The molecular formula is C13H23NOS. The Bertz CT molecular complexity index is 301. The minimum Gasteiger partial charge on any atom is -0.385 e. The molecule has 0 saturated carbocycles. The molecule has 0 unspecified atom stereocenters. The number of rotatable bonds is 6. The molecule has 0 aliphatic heterocycles. The summed E-state index contributed by atoms with van der Waals surface area (Å²) in [4.78, 5) is 2.88. The number of thiophene rings is 1. The lowest BCUT2D eigenvalue weighted by molar-refractivity contribution is 0.194. The Morgan fingerprint density at radius 1 is 1.31 bits per heavy atom. The summed E-state index contributed by atoms with van der Waals surface area (Å²) in [6, 6.07) is 4.48. The summed E-state index contributed by atoms with van der Waals surface area (Å²) in [6.07, 6.45) is 1.08. The van der Waals surface area contributed by atoms with Crippen LogP contribution in [0.4, 0.5) is 0 Å². The fourth-order valence-electron chi connectivity index (χ4n) is 1.43. The van der Waals surface area contributed by atoms with Crippen molar-refractivity contribution in [2.75, 3.05) is 20.3 Å². The molecule has 1 rings (SSSR count). The molecular weight excluding hydrogens is 218 g/mol. The Labute approximate surface area is 103 Å². The van der Waals surface area contributed by atoms with Gasteiger partial charge in [-0.05, 0) is 30.5 Å². The minimum absolute atomic E-state index is 0.277. The highest BCUT2D eigenvalue weighted by Gasteiger charge is 2.15. The molecule has 0 bridgehead atoms. The van der Waals surface area contributed by atoms with Gasteiger partial charge in [0, 0.05) is 30.0 Å². The topological polar surface area (TPSA) is 21.3 Å². The molecule has 0 spiro atoms. The van der Waals surface area contributed by atoms with Crippen LogP contribution in [0.25, 0.3) is 0 Å². The van der Waals surface area contributed by atoms with E-state index in [1.807, 2.05) is 11.3 Å². The average molecular weight is 241 g/mol. The molecule has 1 heterocycles. The predicted octanol–water partition coefficient (Wildman–Crippen LogP) is 3.17. The van der Waals surface area contributed by atoms with Crippen LogP contribution in [0, 0.1) is 0 Å². The van der Waals surface area contributed by atoms with E-state index in [0.29, 0.717) is 0 Å². The van der Waals surface area contributed by atoms with Crippen molar-refractivity contribution in [3.63, 3.8) is 0 Å². The molecule has 1 aromatic rings. The summed E-state index contributed by atoms with van der Waals surface area (Å²) in [7, 11) is 1.74. The minimum atomic E-state index is 0.277. The van der Waals surface area contributed by atoms with Crippen molar-refractivity contribution in [2.24, 2.45) is 0 Å². The normalized spacial score (nSPS) is 12.0. The maximum atomic E-state index is 5.01. The van der Waals surface area contributed by atoms with Gasteiger partial charge >= 0.3 is 0 Å². The van der Waals surface area contributed by atoms with Gasteiger partial charge in [-0.3, -0.25) is 0 Å². The van der Waals surface area contributed by atoms with E-state index in [4.69, 9.17) is 4.74 Å². The first kappa shape index (κ1) is 13.7. The fraction of sp³-hybridized carbons (Fsp3) is 0.692. The molecule has 0 aliphatic rings. The lowest BCUT2D eigenvalue weighted by atomic mass is 9.95. The molecule has 1 N–H and O–H groups in total. The Morgan fingerprint density at radius 2 is 2.06 bits per heavy atom. The SMILES string of the molecule is COCCCNCc1ccc(C(C)(C)C)s1. The molecule has 0 amide bonds. The van der Waals surface area contributed by atoms with Gasteiger partial charge in [0.1, 0.15) is 0 Å². The third kappa shape index (κ3) is 4.64. The van der Waals surface area contributed by atoms with E-state index >= 15 is 0 Å². The van der Waals surface area contributed by atoms with Crippen molar-refractivity contribution in [1.29, 1.82) is 0 Å². The molecule has 0 aliphatic carbocycles. The van der Waals surface area contributed by atoms with Crippen molar-refractivity contribution in [2.45, 2.75) is 39.2 Å². The number of ether oxygens (including phenoxy) is 1. The van der Waals surface area contributed by atoms with Crippen molar-refractivity contribution in [1.82, 2.24) is 5.32 Å². The Kier molecular flexibility index (Phi) is 5.46. The van der Waals surface area contributed by atoms with E-state index in [1.54, 1.807) is 7.11 Å². The van der Waals surface area contributed by atoms with Crippen molar-refractivity contribution in [3.05, 3.63) is 21.9 Å². The van der Waals surface area contributed by atoms with Gasteiger partial charge in [-0.25, -0.2) is 0 Å². The number of nitrogens with one attached hydrogen (secondary N) is 1. The highest BCUT2D eigenvalue weighted by Crippen LogP contribution is 2.29. The molecule has 0 atom stereocenters. The van der Waals surface area contributed by atoms with Crippen molar-refractivity contribution < 1.29 is 4.74 Å². The maximum Gasteiger partial charge on any atom is 0.0474 e. The maximum absolute atomic E-state index is 5.01. The predicted molar refractivity (Wildman–Crippen MR) is 71.2 cm³/mol. The Hall–Kier alpha value is -0.380. The molecule has 0 saturated heterocycles. The van der Waals surface area contributed by atoms with Crippen molar-refractivity contribution >= 4 is 11.3 Å². The first-order valence-electron chi connectivity index (χ1n) is 5.83. The second kappa shape index (κ2) is 6.38. The Morgan fingerprint density at radius 3 is 2.62 bits per heavy atom. The summed E-state index contributed by atoms with van der Waals surface area (Å²) in [6.45, 7) is 9.61. The zero-order valence-corrected chi connectivity index (χ0v) is 11.6. The van der Waals surface area contributed by atoms with E-state index in [9.17, 15) is 0 Å². The van der Waals surface area contributed by atoms with Crippen LogP contribution in [0.1, 0.15) is 36.9 Å². The molecule has 92 valence electrons. The van der Waals surface area contributed by atoms with Gasteiger partial charge < -0.3 is 10.1 Å². The van der Waals surface area contributed by atoms with Crippen LogP contribution in [-0.4, -0.2) is 20.3 Å². The second-order valence-electron chi connectivity index (χ2n) is 5.04. The summed E-state index contributed by atoms with van der Waals surface area (Å²) in [5.41, 5.74) is 0.277. The molecule has 0 radical (unpaired) electrons. The van der Waals surface area contributed by atoms with Crippen LogP contribution < -0.4 is 5.32 Å². The smallest absolute Gasteiger partial charge is 0.0474 e. The largest absolute Gasteiger partial charge is 0.385 e. The van der Waals surface area contributed by atoms with E-state index in [2.05, 4.69) is 38.2 Å². The molecule has 0 aromatic carbocycles. The standard InChI is InChI=1S/C13H23NOS/c1-13(2,3)12-7-6-11(16-12)10-14-8-5-9-15-4/h6-7,14H,5,8-10H2,1-4H3. The molecule has 0 fully saturated rings. The van der Waals surface area contributed by atoms with E-state index in [1.165, 1.54) is 9.75 Å². The van der Waals surface area contributed by atoms with Crippen LogP contribution in [0.2, 0.25) is 0 Å². The third-order valence-corrected chi connectivity index (χ3v) is 3.91. The average Bonchev–Trinajstić information content (AvgIpc) is 2.65. The number of hydrogen-bond donors (Lipinski definition) is 1. The van der Waals surface area contributed by atoms with Crippen molar-refractivity contribution in [3.8, 4) is 0 Å². The van der Waals surface area contributed by atoms with Gasteiger partial charge in [0.15, 0.2) is 0 Å². The molecule has 2 nitrogen and oxygen atoms in total. The van der Waals surface area contributed by atoms with E-state index in [-0.39, 0.29) is 5.41 Å². The van der Waals surface area contributed by atoms with Gasteiger partial charge in [-0.1, -0.05) is 20.8 Å². The molecule has 3 heteroatoms. The van der Waals surface area contributed by atoms with E-state index < -0.39 is 0 Å². The third-order valence-electron chi connectivity index (χ3n) is 2.40. The molecule has 16 heavy (non-hydrogen) atoms. The summed E-state index contributed by atoms with van der Waals surface area (Å²) in [5.74, 6) is 0. The van der Waals surface area contributed by atoms with Gasteiger partial charge in [0.05, 0.1) is 0 Å². The quantitative estimate of drug-likeness (QED) is 0.772. The lowest BCUT2D eigenvalue weighted by Crippen LogP contribution is -2.15. The van der Waals surface area contributed by atoms with Crippen LogP contribution in [-0.2, 0) is 16.7 Å². The lowest BCUT2D eigenvalue weighted by Gasteiger charge is -2.15. The highest BCUT2D eigenvalue weighted by atomic mass is 32.1. The van der Waals surface area contributed by atoms with E-state index in [0.717, 1.165) is 26.1 Å². The van der Waals surface area contributed by atoms with Crippen LogP contribution in [0.5, 0.6) is 0 Å². The Balaban J connectivity index is 2.30. The first-order chi connectivity index (χ1) is 7.54. The van der Waals surface area contributed by atoms with Gasteiger partial charge in [0.2, 0.25) is 0 Å². The van der Waals surface area contributed by atoms with Crippen LogP contribution in [0.3, 0.4) is 0 Å².